The number of nitrogens with one attached hydrogen (secondary N) is 1. The van der Waals surface area contributed by atoms with Gasteiger partial charge in [-0.05, 0) is 44.6 Å². The summed E-state index contributed by atoms with van der Waals surface area (Å²) in [5.41, 5.74) is 5.96. The molecule has 3 unspecified atom stereocenters. The average molecular weight is 198 g/mol. The van der Waals surface area contributed by atoms with Crippen molar-refractivity contribution in [2.24, 2.45) is 11.7 Å². The largest absolute Gasteiger partial charge is 0.328 e. The monoisotopic (exact) mass is 198 g/mol. The molecule has 1 aliphatic carbocycles. The van der Waals surface area contributed by atoms with Crippen LogP contribution >= 0.6 is 0 Å². The lowest BCUT2D eigenvalue weighted by Crippen LogP contribution is -2.32. The van der Waals surface area contributed by atoms with Crippen LogP contribution in [0.4, 0.5) is 0 Å². The van der Waals surface area contributed by atoms with Crippen LogP contribution in [0.1, 0.15) is 52.4 Å². The highest BCUT2D eigenvalue weighted by Gasteiger charge is 2.20. The third-order valence-corrected chi connectivity index (χ3v) is 3.30. The van der Waals surface area contributed by atoms with Gasteiger partial charge in [-0.15, -0.1) is 0 Å². The van der Waals surface area contributed by atoms with Gasteiger partial charge in [-0.1, -0.05) is 20.3 Å². The third-order valence-electron chi connectivity index (χ3n) is 3.30. The molecule has 0 bridgehead atoms. The molecule has 84 valence electrons. The first kappa shape index (κ1) is 12.0. The molecule has 0 aromatic heterocycles. The van der Waals surface area contributed by atoms with Crippen LogP contribution in [0.5, 0.6) is 0 Å². The zero-order valence-corrected chi connectivity index (χ0v) is 9.76. The Hall–Kier alpha value is -0.0800. The molecule has 2 heteroatoms. The Labute approximate surface area is 88.6 Å². The predicted molar refractivity (Wildman–Crippen MR) is 62.3 cm³/mol. The van der Waals surface area contributed by atoms with Gasteiger partial charge in [0.2, 0.25) is 0 Å². The maximum absolute atomic E-state index is 5.96. The Morgan fingerprint density at radius 2 is 2.14 bits per heavy atom. The van der Waals surface area contributed by atoms with E-state index in [2.05, 4.69) is 19.2 Å². The van der Waals surface area contributed by atoms with Crippen molar-refractivity contribution in [3.05, 3.63) is 0 Å². The van der Waals surface area contributed by atoms with E-state index in [-0.39, 0.29) is 0 Å². The van der Waals surface area contributed by atoms with Crippen molar-refractivity contribution < 1.29 is 0 Å². The van der Waals surface area contributed by atoms with E-state index in [0.29, 0.717) is 6.04 Å². The summed E-state index contributed by atoms with van der Waals surface area (Å²) >= 11 is 0. The van der Waals surface area contributed by atoms with Crippen LogP contribution in [0.15, 0.2) is 0 Å². The lowest BCUT2D eigenvalue weighted by atomic mass is 10.1. The van der Waals surface area contributed by atoms with Gasteiger partial charge >= 0.3 is 0 Å². The van der Waals surface area contributed by atoms with Gasteiger partial charge < -0.3 is 11.1 Å². The van der Waals surface area contributed by atoms with Gasteiger partial charge in [0.1, 0.15) is 0 Å². The smallest absolute Gasteiger partial charge is 0.00697 e. The molecule has 2 nitrogen and oxygen atoms in total. The van der Waals surface area contributed by atoms with Crippen molar-refractivity contribution in [1.82, 2.24) is 5.32 Å². The quantitative estimate of drug-likeness (QED) is 0.687. The fourth-order valence-electron chi connectivity index (χ4n) is 2.38. The topological polar surface area (TPSA) is 38.0 Å². The summed E-state index contributed by atoms with van der Waals surface area (Å²) < 4.78 is 0. The van der Waals surface area contributed by atoms with Gasteiger partial charge in [0.15, 0.2) is 0 Å². The van der Waals surface area contributed by atoms with Gasteiger partial charge in [-0.2, -0.15) is 0 Å². The first-order valence-electron chi connectivity index (χ1n) is 6.21. The highest BCUT2D eigenvalue weighted by molar-refractivity contribution is 4.78. The zero-order chi connectivity index (χ0) is 10.4. The molecule has 0 spiro atoms. The van der Waals surface area contributed by atoms with Crippen LogP contribution in [-0.4, -0.2) is 18.6 Å². The van der Waals surface area contributed by atoms with Crippen LogP contribution in [0.3, 0.4) is 0 Å². The molecular weight excluding hydrogens is 172 g/mol. The van der Waals surface area contributed by atoms with E-state index < -0.39 is 0 Å². The molecule has 1 rings (SSSR count). The van der Waals surface area contributed by atoms with Gasteiger partial charge in [0, 0.05) is 12.1 Å². The minimum atomic E-state index is 0.409. The summed E-state index contributed by atoms with van der Waals surface area (Å²) in [6.45, 7) is 5.66. The molecular formula is C12H26N2. The van der Waals surface area contributed by atoms with Crippen LogP contribution in [-0.2, 0) is 0 Å². The highest BCUT2D eigenvalue weighted by atomic mass is 14.9. The predicted octanol–water partition coefficient (Wildman–Crippen LogP) is 2.28. The lowest BCUT2D eigenvalue weighted by molar-refractivity contribution is 0.464. The molecule has 14 heavy (non-hydrogen) atoms. The van der Waals surface area contributed by atoms with Crippen molar-refractivity contribution in [1.29, 1.82) is 0 Å². The van der Waals surface area contributed by atoms with Crippen LogP contribution in [0.2, 0.25) is 0 Å². The average Bonchev–Trinajstić information content (AvgIpc) is 2.52. The Bertz CT molecular complexity index is 147. The molecule has 1 aliphatic rings. The number of hydrogen-bond acceptors (Lipinski definition) is 2. The van der Waals surface area contributed by atoms with Crippen molar-refractivity contribution in [3.63, 3.8) is 0 Å². The number of rotatable bonds is 6. The Balaban J connectivity index is 1.98. The summed E-state index contributed by atoms with van der Waals surface area (Å²) in [6.07, 6.45) is 7.65. The Morgan fingerprint density at radius 3 is 2.71 bits per heavy atom. The van der Waals surface area contributed by atoms with E-state index in [1.807, 2.05) is 0 Å². The van der Waals surface area contributed by atoms with Crippen LogP contribution in [0, 0.1) is 5.92 Å². The summed E-state index contributed by atoms with van der Waals surface area (Å²) in [5, 5.41) is 3.62. The maximum atomic E-state index is 5.96. The molecule has 0 aromatic rings. The molecule has 0 radical (unpaired) electrons. The van der Waals surface area contributed by atoms with E-state index in [9.17, 15) is 0 Å². The molecule has 3 atom stereocenters. The van der Waals surface area contributed by atoms with Crippen LogP contribution in [0.25, 0.3) is 0 Å². The van der Waals surface area contributed by atoms with Crippen molar-refractivity contribution in [2.75, 3.05) is 6.54 Å². The second-order valence-corrected chi connectivity index (χ2v) is 4.91. The minimum absolute atomic E-state index is 0.409. The first-order valence-corrected chi connectivity index (χ1v) is 6.21. The van der Waals surface area contributed by atoms with E-state index in [0.717, 1.165) is 24.9 Å². The molecule has 0 aromatic carbocycles. The third kappa shape index (κ3) is 4.43. The highest BCUT2D eigenvalue weighted by Crippen LogP contribution is 2.24. The normalized spacial score (nSPS) is 29.4. The molecule has 0 heterocycles. The maximum Gasteiger partial charge on any atom is 0.00697 e. The standard InChI is InChI=1S/C12H26N2/c1-3-4-11(13)7-8-14-12-6-5-10(2)9-12/h10-12,14H,3-9,13H2,1-2H3. The number of hydrogen-bond donors (Lipinski definition) is 2. The van der Waals surface area contributed by atoms with Crippen molar-refractivity contribution in [3.8, 4) is 0 Å². The molecule has 3 N–H and O–H groups in total. The molecule has 0 amide bonds. The molecule has 1 fully saturated rings. The van der Waals surface area contributed by atoms with Crippen molar-refractivity contribution in [2.45, 2.75) is 64.5 Å². The van der Waals surface area contributed by atoms with Gasteiger partial charge in [0.25, 0.3) is 0 Å². The molecule has 0 saturated heterocycles. The van der Waals surface area contributed by atoms with Gasteiger partial charge in [0.05, 0.1) is 0 Å². The first-order chi connectivity index (χ1) is 6.72. The lowest BCUT2D eigenvalue weighted by Gasteiger charge is -2.15. The minimum Gasteiger partial charge on any atom is -0.328 e. The Morgan fingerprint density at radius 1 is 1.36 bits per heavy atom. The number of nitrogens with two attached hydrogens (primary N) is 1. The second kappa shape index (κ2) is 6.41. The van der Waals surface area contributed by atoms with E-state index >= 15 is 0 Å². The van der Waals surface area contributed by atoms with Crippen LogP contribution < -0.4 is 11.1 Å². The van der Waals surface area contributed by atoms with E-state index in [1.165, 1.54) is 32.1 Å². The van der Waals surface area contributed by atoms with Gasteiger partial charge in [-0.25, -0.2) is 0 Å². The SMILES string of the molecule is CCCC(N)CCNC1CCC(C)C1. The van der Waals surface area contributed by atoms with Crippen molar-refractivity contribution >= 4 is 0 Å². The van der Waals surface area contributed by atoms with E-state index in [4.69, 9.17) is 5.73 Å². The van der Waals surface area contributed by atoms with E-state index in [1.54, 1.807) is 0 Å². The summed E-state index contributed by atoms with van der Waals surface area (Å²) in [4.78, 5) is 0. The second-order valence-electron chi connectivity index (χ2n) is 4.91. The molecule has 1 saturated carbocycles. The summed E-state index contributed by atoms with van der Waals surface area (Å²) in [6, 6.07) is 1.19. The zero-order valence-electron chi connectivity index (χ0n) is 9.76. The fourth-order valence-corrected chi connectivity index (χ4v) is 2.38. The summed E-state index contributed by atoms with van der Waals surface area (Å²) in [5.74, 6) is 0.928. The Kier molecular flexibility index (Phi) is 5.49. The summed E-state index contributed by atoms with van der Waals surface area (Å²) in [7, 11) is 0. The molecule has 0 aliphatic heterocycles. The van der Waals surface area contributed by atoms with Gasteiger partial charge in [-0.3, -0.25) is 0 Å². The fraction of sp³-hybridized carbons (Fsp3) is 1.00.